The first kappa shape index (κ1) is 12.8. The van der Waals surface area contributed by atoms with Gasteiger partial charge in [0.2, 0.25) is 0 Å². The Labute approximate surface area is 119 Å². The highest BCUT2D eigenvalue weighted by Gasteiger charge is 2.22. The molecule has 1 heterocycles. The molecule has 2 N–H and O–H groups in total. The molecular formula is C16H19N3O. The number of phenolic OH excluding ortho intramolecular Hbond substituents is 1. The summed E-state index contributed by atoms with van der Waals surface area (Å²) in [5.74, 6) is 1.30. The van der Waals surface area contributed by atoms with Crippen molar-refractivity contribution in [1.82, 2.24) is 4.98 Å². The van der Waals surface area contributed by atoms with Gasteiger partial charge in [0.25, 0.3) is 0 Å². The molecule has 1 atom stereocenters. The standard InChI is InChI=1S/C16H19N3O/c1-19(2)16-8-4-12(10-17-16)18-15-7-3-11-9-13(20)5-6-14(11)15/h4-6,8-10,15,18,20H,3,7H2,1-2H3. The van der Waals surface area contributed by atoms with Gasteiger partial charge in [-0.2, -0.15) is 0 Å². The summed E-state index contributed by atoms with van der Waals surface area (Å²) in [6.07, 6.45) is 3.92. The van der Waals surface area contributed by atoms with Crippen molar-refractivity contribution in [2.75, 3.05) is 24.3 Å². The molecule has 1 aliphatic carbocycles. The van der Waals surface area contributed by atoms with Gasteiger partial charge in [-0.1, -0.05) is 6.07 Å². The number of aryl methyl sites for hydroxylation is 1. The van der Waals surface area contributed by atoms with E-state index in [0.717, 1.165) is 24.3 Å². The first-order valence-electron chi connectivity index (χ1n) is 6.85. The van der Waals surface area contributed by atoms with Crippen molar-refractivity contribution in [3.8, 4) is 5.75 Å². The Hall–Kier alpha value is -2.23. The van der Waals surface area contributed by atoms with E-state index in [2.05, 4.69) is 16.4 Å². The van der Waals surface area contributed by atoms with Gasteiger partial charge in [0.1, 0.15) is 11.6 Å². The lowest BCUT2D eigenvalue weighted by Gasteiger charge is -2.17. The molecule has 0 saturated carbocycles. The normalized spacial score (nSPS) is 16.8. The number of fused-ring (bicyclic) bond motifs is 1. The van der Waals surface area contributed by atoms with Crippen molar-refractivity contribution in [2.24, 2.45) is 0 Å². The summed E-state index contributed by atoms with van der Waals surface area (Å²) < 4.78 is 0. The van der Waals surface area contributed by atoms with Crippen molar-refractivity contribution >= 4 is 11.5 Å². The molecule has 3 rings (SSSR count). The van der Waals surface area contributed by atoms with E-state index in [1.807, 2.05) is 43.4 Å². The fourth-order valence-electron chi connectivity index (χ4n) is 2.69. The second-order valence-corrected chi connectivity index (χ2v) is 5.42. The molecule has 0 aliphatic heterocycles. The number of hydrogen-bond acceptors (Lipinski definition) is 4. The molecule has 0 saturated heterocycles. The van der Waals surface area contributed by atoms with Crippen molar-refractivity contribution in [3.05, 3.63) is 47.7 Å². The van der Waals surface area contributed by atoms with Crippen LogP contribution >= 0.6 is 0 Å². The quantitative estimate of drug-likeness (QED) is 0.899. The van der Waals surface area contributed by atoms with Gasteiger partial charge in [0, 0.05) is 14.1 Å². The van der Waals surface area contributed by atoms with Crippen LogP contribution in [0.5, 0.6) is 5.75 Å². The number of phenols is 1. The van der Waals surface area contributed by atoms with Gasteiger partial charge in [-0.25, -0.2) is 4.98 Å². The molecule has 104 valence electrons. The molecule has 4 nitrogen and oxygen atoms in total. The minimum absolute atomic E-state index is 0.303. The van der Waals surface area contributed by atoms with Gasteiger partial charge in [0.15, 0.2) is 0 Å². The molecule has 20 heavy (non-hydrogen) atoms. The molecule has 2 aromatic rings. The topological polar surface area (TPSA) is 48.4 Å². The minimum Gasteiger partial charge on any atom is -0.508 e. The Bertz CT molecular complexity index is 608. The van der Waals surface area contributed by atoms with E-state index < -0.39 is 0 Å². The Balaban J connectivity index is 1.77. The van der Waals surface area contributed by atoms with Gasteiger partial charge in [-0.15, -0.1) is 0 Å². The zero-order chi connectivity index (χ0) is 14.1. The molecule has 0 radical (unpaired) electrons. The molecule has 1 aromatic heterocycles. The van der Waals surface area contributed by atoms with Crippen LogP contribution in [0, 0.1) is 0 Å². The van der Waals surface area contributed by atoms with Crippen LogP contribution in [0.1, 0.15) is 23.6 Å². The number of hydrogen-bond donors (Lipinski definition) is 2. The third kappa shape index (κ3) is 2.41. The van der Waals surface area contributed by atoms with Crippen molar-refractivity contribution in [1.29, 1.82) is 0 Å². The number of rotatable bonds is 3. The third-order valence-electron chi connectivity index (χ3n) is 3.75. The average Bonchev–Trinajstić information content (AvgIpc) is 2.81. The summed E-state index contributed by atoms with van der Waals surface area (Å²) in [7, 11) is 3.96. The highest BCUT2D eigenvalue weighted by atomic mass is 16.3. The summed E-state index contributed by atoms with van der Waals surface area (Å²) in [4.78, 5) is 6.40. The Kier molecular flexibility index (Phi) is 3.22. The molecule has 1 aromatic carbocycles. The lowest BCUT2D eigenvalue weighted by Crippen LogP contribution is -2.11. The fourth-order valence-corrected chi connectivity index (χ4v) is 2.69. The summed E-state index contributed by atoms with van der Waals surface area (Å²) in [5, 5.41) is 13.0. The lowest BCUT2D eigenvalue weighted by atomic mass is 10.1. The van der Waals surface area contributed by atoms with Crippen LogP contribution in [-0.2, 0) is 6.42 Å². The van der Waals surface area contributed by atoms with E-state index in [9.17, 15) is 5.11 Å². The molecule has 0 amide bonds. The molecule has 0 fully saturated rings. The predicted octanol–water partition coefficient (Wildman–Crippen LogP) is 2.95. The zero-order valence-corrected chi connectivity index (χ0v) is 11.8. The minimum atomic E-state index is 0.303. The maximum atomic E-state index is 9.52. The van der Waals surface area contributed by atoms with Crippen LogP contribution in [0.25, 0.3) is 0 Å². The van der Waals surface area contributed by atoms with E-state index in [1.165, 1.54) is 11.1 Å². The Morgan fingerprint density at radius 3 is 2.80 bits per heavy atom. The van der Waals surface area contributed by atoms with Crippen LogP contribution in [-0.4, -0.2) is 24.2 Å². The number of benzene rings is 1. The highest BCUT2D eigenvalue weighted by molar-refractivity contribution is 5.51. The Morgan fingerprint density at radius 2 is 2.10 bits per heavy atom. The average molecular weight is 269 g/mol. The smallest absolute Gasteiger partial charge is 0.128 e. The van der Waals surface area contributed by atoms with E-state index in [4.69, 9.17) is 0 Å². The summed E-state index contributed by atoms with van der Waals surface area (Å²) >= 11 is 0. The first-order chi connectivity index (χ1) is 9.63. The van der Waals surface area contributed by atoms with Crippen LogP contribution in [0.4, 0.5) is 11.5 Å². The molecular weight excluding hydrogens is 250 g/mol. The second-order valence-electron chi connectivity index (χ2n) is 5.42. The van der Waals surface area contributed by atoms with Crippen molar-refractivity contribution in [2.45, 2.75) is 18.9 Å². The van der Waals surface area contributed by atoms with Gasteiger partial charge in [-0.05, 0) is 48.2 Å². The van der Waals surface area contributed by atoms with Crippen LogP contribution in [0.2, 0.25) is 0 Å². The maximum absolute atomic E-state index is 9.52. The van der Waals surface area contributed by atoms with E-state index in [-0.39, 0.29) is 0 Å². The number of anilines is 2. The van der Waals surface area contributed by atoms with E-state index in [0.29, 0.717) is 11.8 Å². The van der Waals surface area contributed by atoms with Gasteiger partial charge in [0.05, 0.1) is 17.9 Å². The monoisotopic (exact) mass is 269 g/mol. The summed E-state index contributed by atoms with van der Waals surface area (Å²) in [6.45, 7) is 0. The van der Waals surface area contributed by atoms with E-state index >= 15 is 0 Å². The largest absolute Gasteiger partial charge is 0.508 e. The number of nitrogens with one attached hydrogen (secondary N) is 1. The second kappa shape index (κ2) is 5.04. The lowest BCUT2D eigenvalue weighted by molar-refractivity contribution is 0.474. The first-order valence-corrected chi connectivity index (χ1v) is 6.85. The number of aromatic hydroxyl groups is 1. The molecule has 0 spiro atoms. The third-order valence-corrected chi connectivity index (χ3v) is 3.75. The molecule has 1 unspecified atom stereocenters. The Morgan fingerprint density at radius 1 is 1.25 bits per heavy atom. The summed E-state index contributed by atoms with van der Waals surface area (Å²) in [5.41, 5.74) is 3.54. The van der Waals surface area contributed by atoms with Gasteiger partial charge < -0.3 is 15.3 Å². The van der Waals surface area contributed by atoms with Crippen LogP contribution in [0.15, 0.2) is 36.5 Å². The maximum Gasteiger partial charge on any atom is 0.128 e. The van der Waals surface area contributed by atoms with Crippen molar-refractivity contribution in [3.63, 3.8) is 0 Å². The molecule has 1 aliphatic rings. The van der Waals surface area contributed by atoms with Crippen molar-refractivity contribution < 1.29 is 5.11 Å². The SMILES string of the molecule is CN(C)c1ccc(NC2CCc3cc(O)ccc32)cn1. The fraction of sp³-hybridized carbons (Fsp3) is 0.312. The highest BCUT2D eigenvalue weighted by Crippen LogP contribution is 2.35. The van der Waals surface area contributed by atoms with Crippen LogP contribution in [0.3, 0.4) is 0 Å². The zero-order valence-electron chi connectivity index (χ0n) is 11.8. The van der Waals surface area contributed by atoms with E-state index in [1.54, 1.807) is 6.07 Å². The summed E-state index contributed by atoms with van der Waals surface area (Å²) in [6, 6.07) is 10.0. The predicted molar refractivity (Wildman–Crippen MR) is 81.4 cm³/mol. The number of aromatic nitrogens is 1. The molecule has 4 heteroatoms. The van der Waals surface area contributed by atoms with Gasteiger partial charge in [-0.3, -0.25) is 0 Å². The number of nitrogens with zero attached hydrogens (tertiary/aromatic N) is 2. The molecule has 0 bridgehead atoms. The van der Waals surface area contributed by atoms with Crippen LogP contribution < -0.4 is 10.2 Å². The number of pyridine rings is 1. The van der Waals surface area contributed by atoms with Gasteiger partial charge >= 0.3 is 0 Å².